The Hall–Kier alpha value is -2.64. The summed E-state index contributed by atoms with van der Waals surface area (Å²) in [6, 6.07) is 21.2. The van der Waals surface area contributed by atoms with E-state index in [1.807, 2.05) is 67.1 Å². The minimum Gasteiger partial charge on any atom is -0.383 e. The molecule has 1 fully saturated rings. The number of thioether (sulfide) groups is 2. The SMILES string of the molecule is CSc1ccc(NN2C(=O)C2CCCNc2ccc(-c3ccccc3SC)cc2F)cc1. The predicted molar refractivity (Wildman–Crippen MR) is 134 cm³/mol. The van der Waals surface area contributed by atoms with Crippen LogP contribution < -0.4 is 10.7 Å². The zero-order valence-electron chi connectivity index (χ0n) is 18.1. The molecule has 1 saturated heterocycles. The zero-order valence-corrected chi connectivity index (χ0v) is 19.7. The Balaban J connectivity index is 1.25. The van der Waals surface area contributed by atoms with Crippen LogP contribution in [-0.2, 0) is 4.79 Å². The van der Waals surface area contributed by atoms with Crippen LogP contribution in [0.5, 0.6) is 0 Å². The number of nitrogens with zero attached hydrogens (tertiary/aromatic N) is 1. The number of halogens is 1. The maximum Gasteiger partial charge on any atom is 0.266 e. The number of hydrogen-bond donors (Lipinski definition) is 2. The van der Waals surface area contributed by atoms with Gasteiger partial charge in [0.1, 0.15) is 11.9 Å². The zero-order chi connectivity index (χ0) is 22.5. The summed E-state index contributed by atoms with van der Waals surface area (Å²) in [6.45, 7) is 0.609. The van der Waals surface area contributed by atoms with Gasteiger partial charge in [-0.1, -0.05) is 24.3 Å². The Kier molecular flexibility index (Phi) is 7.27. The Bertz CT molecular complexity index is 1090. The number of anilines is 2. The topological polar surface area (TPSA) is 44.1 Å². The monoisotopic (exact) mass is 467 g/mol. The largest absolute Gasteiger partial charge is 0.383 e. The van der Waals surface area contributed by atoms with Crippen molar-refractivity contribution in [3.63, 3.8) is 0 Å². The molecular formula is C25H26FN3OS2. The maximum atomic E-state index is 14.6. The van der Waals surface area contributed by atoms with Crippen LogP contribution in [0.25, 0.3) is 11.1 Å². The normalized spacial score (nSPS) is 15.0. The van der Waals surface area contributed by atoms with Gasteiger partial charge >= 0.3 is 0 Å². The van der Waals surface area contributed by atoms with Crippen LogP contribution in [0.15, 0.2) is 76.5 Å². The molecule has 7 heteroatoms. The Morgan fingerprint density at radius 3 is 2.50 bits per heavy atom. The minimum absolute atomic E-state index is 0.0990. The van der Waals surface area contributed by atoms with Crippen molar-refractivity contribution >= 4 is 40.8 Å². The second kappa shape index (κ2) is 10.3. The molecule has 1 amide bonds. The van der Waals surface area contributed by atoms with Crippen LogP contribution in [-0.4, -0.2) is 36.0 Å². The summed E-state index contributed by atoms with van der Waals surface area (Å²) in [5.41, 5.74) is 6.46. The van der Waals surface area contributed by atoms with E-state index < -0.39 is 0 Å². The standard InChI is InChI=1S/C25H26FN3OS2/c1-31-19-12-10-18(11-13-19)28-29-23(25(29)30)7-5-15-27-22-14-9-17(16-21(22)26)20-6-3-4-8-24(20)32-2/h3-4,6,8-14,16,23,27-28H,5,7,15H2,1-2H3. The maximum absolute atomic E-state index is 14.6. The van der Waals surface area contributed by atoms with E-state index in [4.69, 9.17) is 0 Å². The highest BCUT2D eigenvalue weighted by atomic mass is 32.2. The molecule has 1 aliphatic heterocycles. The smallest absolute Gasteiger partial charge is 0.266 e. The van der Waals surface area contributed by atoms with Gasteiger partial charge < -0.3 is 5.32 Å². The number of hydrogen-bond acceptors (Lipinski definition) is 5. The highest BCUT2D eigenvalue weighted by molar-refractivity contribution is 7.98. The lowest BCUT2D eigenvalue weighted by molar-refractivity contribution is -0.113. The average molecular weight is 468 g/mol. The molecule has 0 spiro atoms. The minimum atomic E-state index is -0.266. The summed E-state index contributed by atoms with van der Waals surface area (Å²) >= 11 is 3.34. The van der Waals surface area contributed by atoms with Crippen molar-refractivity contribution in [2.75, 3.05) is 29.8 Å². The van der Waals surface area contributed by atoms with Gasteiger partial charge in [-0.3, -0.25) is 10.2 Å². The van der Waals surface area contributed by atoms with E-state index in [1.54, 1.807) is 40.7 Å². The van der Waals surface area contributed by atoms with Gasteiger partial charge in [-0.15, -0.1) is 23.5 Å². The lowest BCUT2D eigenvalue weighted by atomic mass is 10.0. The lowest BCUT2D eigenvalue weighted by Crippen LogP contribution is -2.12. The fourth-order valence-electron chi connectivity index (χ4n) is 3.64. The summed E-state index contributed by atoms with van der Waals surface area (Å²) in [6.07, 6.45) is 5.55. The first-order valence-electron chi connectivity index (χ1n) is 10.5. The predicted octanol–water partition coefficient (Wildman–Crippen LogP) is 6.37. The van der Waals surface area contributed by atoms with Crippen molar-refractivity contribution in [3.8, 4) is 11.1 Å². The van der Waals surface area contributed by atoms with Crippen molar-refractivity contribution < 1.29 is 9.18 Å². The van der Waals surface area contributed by atoms with Crippen LogP contribution in [0, 0.1) is 5.82 Å². The van der Waals surface area contributed by atoms with Crippen LogP contribution in [0.4, 0.5) is 15.8 Å². The average Bonchev–Trinajstić information content (AvgIpc) is 3.44. The number of carbonyl (C=O) groups excluding carboxylic acids is 1. The van der Waals surface area contributed by atoms with Gasteiger partial charge in [0.2, 0.25) is 0 Å². The second-order valence-electron chi connectivity index (χ2n) is 7.53. The van der Waals surface area contributed by atoms with Gasteiger partial charge in [-0.25, -0.2) is 9.40 Å². The molecule has 0 aliphatic carbocycles. The third kappa shape index (κ3) is 5.22. The highest BCUT2D eigenvalue weighted by Crippen LogP contribution is 2.32. The molecule has 3 aromatic rings. The molecule has 1 atom stereocenters. The van der Waals surface area contributed by atoms with Crippen molar-refractivity contribution in [3.05, 3.63) is 72.5 Å². The molecule has 3 aromatic carbocycles. The van der Waals surface area contributed by atoms with Gasteiger partial charge in [0.05, 0.1) is 11.4 Å². The lowest BCUT2D eigenvalue weighted by Gasteiger charge is -2.11. The van der Waals surface area contributed by atoms with E-state index in [0.717, 1.165) is 34.6 Å². The quantitative estimate of drug-likeness (QED) is 0.206. The van der Waals surface area contributed by atoms with Crippen molar-refractivity contribution in [1.29, 1.82) is 0 Å². The van der Waals surface area contributed by atoms with E-state index in [1.165, 1.54) is 4.90 Å². The van der Waals surface area contributed by atoms with Crippen LogP contribution in [0.1, 0.15) is 12.8 Å². The van der Waals surface area contributed by atoms with Crippen molar-refractivity contribution in [2.45, 2.75) is 28.7 Å². The molecule has 166 valence electrons. The first-order chi connectivity index (χ1) is 15.6. The van der Waals surface area contributed by atoms with Crippen LogP contribution in [0.3, 0.4) is 0 Å². The number of nitrogens with one attached hydrogen (secondary N) is 2. The molecule has 4 nitrogen and oxygen atoms in total. The molecule has 32 heavy (non-hydrogen) atoms. The van der Waals surface area contributed by atoms with E-state index in [0.29, 0.717) is 12.2 Å². The number of benzene rings is 3. The van der Waals surface area contributed by atoms with Gasteiger partial charge in [0, 0.05) is 16.3 Å². The Labute approximate surface area is 196 Å². The number of amides is 1. The molecule has 0 bridgehead atoms. The fraction of sp³-hybridized carbons (Fsp3) is 0.240. The van der Waals surface area contributed by atoms with Gasteiger partial charge in [-0.2, -0.15) is 0 Å². The first kappa shape index (κ1) is 22.6. The Morgan fingerprint density at radius 2 is 1.78 bits per heavy atom. The third-order valence-electron chi connectivity index (χ3n) is 5.46. The molecule has 0 saturated carbocycles. The Morgan fingerprint density at radius 1 is 1.00 bits per heavy atom. The van der Waals surface area contributed by atoms with Gasteiger partial charge in [0.25, 0.3) is 5.91 Å². The third-order valence-corrected chi connectivity index (χ3v) is 7.00. The molecule has 2 N–H and O–H groups in total. The number of rotatable bonds is 10. The van der Waals surface area contributed by atoms with Gasteiger partial charge in [0.15, 0.2) is 0 Å². The number of carbonyl (C=O) groups is 1. The van der Waals surface area contributed by atoms with E-state index in [9.17, 15) is 9.18 Å². The van der Waals surface area contributed by atoms with E-state index >= 15 is 0 Å². The summed E-state index contributed by atoms with van der Waals surface area (Å²) in [4.78, 5) is 14.4. The summed E-state index contributed by atoms with van der Waals surface area (Å²) < 4.78 is 14.6. The molecular weight excluding hydrogens is 441 g/mol. The number of hydrazine groups is 1. The van der Waals surface area contributed by atoms with Crippen LogP contribution >= 0.6 is 23.5 Å². The first-order valence-corrected chi connectivity index (χ1v) is 13.0. The summed E-state index contributed by atoms with van der Waals surface area (Å²) in [7, 11) is 0. The molecule has 0 radical (unpaired) electrons. The molecule has 0 aromatic heterocycles. The highest BCUT2D eigenvalue weighted by Gasteiger charge is 2.45. The molecule has 1 aliphatic rings. The second-order valence-corrected chi connectivity index (χ2v) is 9.26. The van der Waals surface area contributed by atoms with Gasteiger partial charge in [-0.05, 0) is 78.9 Å². The van der Waals surface area contributed by atoms with Crippen LogP contribution in [0.2, 0.25) is 0 Å². The van der Waals surface area contributed by atoms with Crippen molar-refractivity contribution in [1.82, 2.24) is 5.01 Å². The summed E-state index contributed by atoms with van der Waals surface area (Å²) in [5, 5.41) is 4.82. The molecule has 4 rings (SSSR count). The van der Waals surface area contributed by atoms with Crippen molar-refractivity contribution in [2.24, 2.45) is 0 Å². The molecule has 1 unspecified atom stereocenters. The fourth-order valence-corrected chi connectivity index (χ4v) is 4.66. The van der Waals surface area contributed by atoms with E-state index in [2.05, 4.69) is 10.7 Å². The summed E-state index contributed by atoms with van der Waals surface area (Å²) in [5.74, 6) is -0.167. The van der Waals surface area contributed by atoms with E-state index in [-0.39, 0.29) is 17.8 Å². The molecule has 1 heterocycles.